The topological polar surface area (TPSA) is 27.0 Å². The lowest BCUT2D eigenvalue weighted by Crippen LogP contribution is -2.44. The molecule has 1 fully saturated rings. The van der Waals surface area contributed by atoms with E-state index >= 15 is 0 Å². The van der Waals surface area contributed by atoms with Crippen molar-refractivity contribution in [1.82, 2.24) is 4.90 Å². The molecule has 0 aliphatic heterocycles. The van der Waals surface area contributed by atoms with Crippen LogP contribution in [0.15, 0.2) is 16.8 Å². The zero-order valence-corrected chi connectivity index (χ0v) is 14.6. The fourth-order valence-electron chi connectivity index (χ4n) is 3.57. The molecule has 2 nitrogen and oxygen atoms in total. The number of thiophene rings is 1. The van der Waals surface area contributed by atoms with Crippen LogP contribution in [0, 0.1) is 28.6 Å². The first kappa shape index (κ1) is 16.5. The summed E-state index contributed by atoms with van der Waals surface area (Å²) in [6, 6.07) is 5.16. The van der Waals surface area contributed by atoms with Crippen LogP contribution in [0.5, 0.6) is 0 Å². The van der Waals surface area contributed by atoms with Gasteiger partial charge in [0.25, 0.3) is 0 Å². The quantitative estimate of drug-likeness (QED) is 0.771. The third-order valence-electron chi connectivity index (χ3n) is 5.58. The molecule has 1 saturated carbocycles. The molecule has 0 aromatic carbocycles. The summed E-state index contributed by atoms with van der Waals surface area (Å²) in [7, 11) is 2.19. The van der Waals surface area contributed by atoms with Crippen molar-refractivity contribution in [3.8, 4) is 6.07 Å². The molecule has 116 valence electrons. The van der Waals surface area contributed by atoms with Crippen LogP contribution in [0.2, 0.25) is 0 Å². The van der Waals surface area contributed by atoms with E-state index in [-0.39, 0.29) is 5.92 Å². The Kier molecular flexibility index (Phi) is 5.46. The van der Waals surface area contributed by atoms with E-state index in [9.17, 15) is 5.26 Å². The molecule has 1 aromatic rings. The van der Waals surface area contributed by atoms with Crippen molar-refractivity contribution in [3.05, 3.63) is 22.4 Å². The minimum absolute atomic E-state index is 0.192. The van der Waals surface area contributed by atoms with E-state index < -0.39 is 0 Å². The van der Waals surface area contributed by atoms with Crippen LogP contribution in [0.4, 0.5) is 0 Å². The van der Waals surface area contributed by atoms with Gasteiger partial charge in [-0.25, -0.2) is 0 Å². The lowest BCUT2D eigenvalue weighted by Gasteiger charge is -2.44. The Labute approximate surface area is 133 Å². The Balaban J connectivity index is 2.08. The molecule has 0 N–H and O–H groups in total. The maximum atomic E-state index is 9.51. The van der Waals surface area contributed by atoms with Gasteiger partial charge < -0.3 is 0 Å². The smallest absolute Gasteiger partial charge is 0.0672 e. The summed E-state index contributed by atoms with van der Waals surface area (Å²) in [6.45, 7) is 8.03. The molecule has 0 spiro atoms. The fourth-order valence-corrected chi connectivity index (χ4v) is 4.23. The predicted molar refractivity (Wildman–Crippen MR) is 90.1 cm³/mol. The number of nitriles is 1. The van der Waals surface area contributed by atoms with Crippen LogP contribution in [-0.2, 0) is 6.54 Å². The second-order valence-electron chi connectivity index (χ2n) is 7.20. The SMILES string of the molecule is CCC(C)(C)C1CCC(C#N)C(N(C)Cc2ccsc2)C1. The normalized spacial score (nSPS) is 26.8. The second-order valence-corrected chi connectivity index (χ2v) is 7.98. The standard InChI is InChI=1S/C18H28N2S/c1-5-18(2,3)16-7-6-15(11-19)17(10-16)20(4)12-14-8-9-21-13-14/h8-9,13,15-17H,5-7,10,12H2,1-4H3. The van der Waals surface area contributed by atoms with Gasteiger partial charge >= 0.3 is 0 Å². The molecular formula is C18H28N2S. The first-order valence-corrected chi connectivity index (χ1v) is 9.03. The first-order chi connectivity index (χ1) is 9.97. The minimum Gasteiger partial charge on any atom is -0.298 e. The van der Waals surface area contributed by atoms with Crippen LogP contribution in [-0.4, -0.2) is 18.0 Å². The average molecular weight is 305 g/mol. The highest BCUT2D eigenvalue weighted by Gasteiger charge is 2.38. The average Bonchev–Trinajstić information content (AvgIpc) is 2.99. The van der Waals surface area contributed by atoms with E-state index in [0.29, 0.717) is 11.5 Å². The van der Waals surface area contributed by atoms with E-state index in [2.05, 4.69) is 55.6 Å². The molecule has 3 unspecified atom stereocenters. The van der Waals surface area contributed by atoms with Gasteiger partial charge in [0.15, 0.2) is 0 Å². The van der Waals surface area contributed by atoms with E-state index in [1.165, 1.54) is 24.8 Å². The van der Waals surface area contributed by atoms with Gasteiger partial charge in [-0.15, -0.1) is 0 Å². The molecule has 2 rings (SSSR count). The summed E-state index contributed by atoms with van der Waals surface area (Å²) >= 11 is 1.75. The Morgan fingerprint density at radius 1 is 1.43 bits per heavy atom. The number of hydrogen-bond acceptors (Lipinski definition) is 3. The molecule has 0 saturated heterocycles. The zero-order chi connectivity index (χ0) is 15.5. The van der Waals surface area contributed by atoms with Gasteiger partial charge in [0.1, 0.15) is 0 Å². The molecular weight excluding hydrogens is 276 g/mol. The molecule has 3 heteroatoms. The van der Waals surface area contributed by atoms with Gasteiger partial charge in [-0.3, -0.25) is 4.90 Å². The lowest BCUT2D eigenvalue weighted by atomic mass is 9.66. The monoisotopic (exact) mass is 304 g/mol. The molecule has 0 radical (unpaired) electrons. The van der Waals surface area contributed by atoms with E-state index in [4.69, 9.17) is 0 Å². The highest BCUT2D eigenvalue weighted by atomic mass is 32.1. The van der Waals surface area contributed by atoms with Crippen molar-refractivity contribution in [2.24, 2.45) is 17.3 Å². The first-order valence-electron chi connectivity index (χ1n) is 8.09. The van der Waals surface area contributed by atoms with Crippen LogP contribution in [0.1, 0.15) is 52.0 Å². The van der Waals surface area contributed by atoms with Crippen molar-refractivity contribution < 1.29 is 0 Å². The maximum Gasteiger partial charge on any atom is 0.0672 e. The maximum absolute atomic E-state index is 9.51. The van der Waals surface area contributed by atoms with Gasteiger partial charge in [-0.2, -0.15) is 16.6 Å². The number of rotatable bonds is 5. The summed E-state index contributed by atoms with van der Waals surface area (Å²) < 4.78 is 0. The number of hydrogen-bond donors (Lipinski definition) is 0. The van der Waals surface area contributed by atoms with Crippen LogP contribution in [0.25, 0.3) is 0 Å². The third-order valence-corrected chi connectivity index (χ3v) is 6.31. The van der Waals surface area contributed by atoms with Crippen LogP contribution in [0.3, 0.4) is 0 Å². The Morgan fingerprint density at radius 2 is 2.19 bits per heavy atom. The van der Waals surface area contributed by atoms with Gasteiger partial charge in [0.05, 0.1) is 12.0 Å². The molecule has 1 heterocycles. The van der Waals surface area contributed by atoms with Crippen molar-refractivity contribution in [2.75, 3.05) is 7.05 Å². The molecule has 3 atom stereocenters. The van der Waals surface area contributed by atoms with Crippen molar-refractivity contribution in [2.45, 2.75) is 59.0 Å². The summed E-state index contributed by atoms with van der Waals surface area (Å²) in [6.07, 6.45) is 4.65. The Hall–Kier alpha value is -0.850. The van der Waals surface area contributed by atoms with E-state index in [1.54, 1.807) is 11.3 Å². The third kappa shape index (κ3) is 3.87. The highest BCUT2D eigenvalue weighted by Crippen LogP contribution is 2.43. The minimum atomic E-state index is 0.192. The molecule has 21 heavy (non-hydrogen) atoms. The second kappa shape index (κ2) is 6.94. The molecule has 1 aromatic heterocycles. The highest BCUT2D eigenvalue weighted by molar-refractivity contribution is 7.07. The fraction of sp³-hybridized carbons (Fsp3) is 0.722. The zero-order valence-electron chi connectivity index (χ0n) is 13.8. The van der Waals surface area contributed by atoms with Crippen molar-refractivity contribution >= 4 is 11.3 Å². The summed E-state index contributed by atoms with van der Waals surface area (Å²) in [5, 5.41) is 13.9. The molecule has 0 bridgehead atoms. The molecule has 0 amide bonds. The summed E-state index contributed by atoms with van der Waals surface area (Å²) in [5.41, 5.74) is 1.76. The summed E-state index contributed by atoms with van der Waals surface area (Å²) in [5.74, 6) is 0.930. The Bertz CT molecular complexity index is 472. The lowest BCUT2D eigenvalue weighted by molar-refractivity contribution is 0.0613. The van der Waals surface area contributed by atoms with E-state index in [0.717, 1.165) is 18.9 Å². The summed E-state index contributed by atoms with van der Waals surface area (Å²) in [4.78, 5) is 2.41. The Morgan fingerprint density at radius 3 is 2.76 bits per heavy atom. The van der Waals surface area contributed by atoms with Crippen molar-refractivity contribution in [3.63, 3.8) is 0 Å². The van der Waals surface area contributed by atoms with Gasteiger partial charge in [-0.1, -0.05) is 27.2 Å². The number of nitrogens with zero attached hydrogens (tertiary/aromatic N) is 2. The largest absolute Gasteiger partial charge is 0.298 e. The van der Waals surface area contributed by atoms with Crippen LogP contribution >= 0.6 is 11.3 Å². The predicted octanol–water partition coefficient (Wildman–Crippen LogP) is 4.92. The molecule has 1 aliphatic rings. The van der Waals surface area contributed by atoms with Gasteiger partial charge in [0, 0.05) is 12.6 Å². The molecule has 1 aliphatic carbocycles. The van der Waals surface area contributed by atoms with Crippen LogP contribution < -0.4 is 0 Å². The van der Waals surface area contributed by atoms with E-state index in [1.807, 2.05) is 0 Å². The van der Waals surface area contributed by atoms with Gasteiger partial charge in [0.2, 0.25) is 0 Å². The van der Waals surface area contributed by atoms with Crippen molar-refractivity contribution in [1.29, 1.82) is 5.26 Å². The van der Waals surface area contributed by atoms with Gasteiger partial charge in [-0.05, 0) is 60.0 Å².